The first-order valence-electron chi connectivity index (χ1n) is 6.52. The predicted molar refractivity (Wildman–Crippen MR) is 76.3 cm³/mol. The largest absolute Gasteiger partial charge is 0.494 e. The number of methoxy groups -OCH3 is 1. The van der Waals surface area contributed by atoms with Crippen LogP contribution < -0.4 is 15.2 Å². The van der Waals surface area contributed by atoms with E-state index in [2.05, 4.69) is 0 Å². The first-order valence-corrected chi connectivity index (χ1v) is 6.52. The molecular formula is C16H17F2NO2. The van der Waals surface area contributed by atoms with Gasteiger partial charge >= 0.3 is 0 Å². The van der Waals surface area contributed by atoms with E-state index >= 15 is 0 Å². The summed E-state index contributed by atoms with van der Waals surface area (Å²) in [6, 6.07) is 8.96. The van der Waals surface area contributed by atoms with Crippen molar-refractivity contribution >= 4 is 0 Å². The minimum atomic E-state index is -0.520. The zero-order valence-electron chi connectivity index (χ0n) is 11.9. The first kappa shape index (κ1) is 15.3. The van der Waals surface area contributed by atoms with E-state index in [1.807, 2.05) is 0 Å². The SMILES string of the molecule is COc1cccc(COc2ccc(C(C)N)cc2F)c1F. The standard InChI is InChI=1S/C16H17F2NO2/c1-10(19)11-6-7-14(13(17)8-11)21-9-12-4-3-5-15(20-2)16(12)18/h3-8,10H,9,19H2,1-2H3. The van der Waals surface area contributed by atoms with Crippen LogP contribution in [-0.4, -0.2) is 7.11 Å². The van der Waals surface area contributed by atoms with Crippen molar-refractivity contribution in [1.29, 1.82) is 0 Å². The van der Waals surface area contributed by atoms with Crippen LogP contribution in [0.4, 0.5) is 8.78 Å². The lowest BCUT2D eigenvalue weighted by atomic mass is 10.1. The van der Waals surface area contributed by atoms with Gasteiger partial charge in [0.05, 0.1) is 7.11 Å². The average Bonchev–Trinajstić information content (AvgIpc) is 2.47. The summed E-state index contributed by atoms with van der Waals surface area (Å²) in [6.07, 6.45) is 0. The maximum Gasteiger partial charge on any atom is 0.171 e. The Kier molecular flexibility index (Phi) is 4.75. The Hall–Kier alpha value is -2.14. The van der Waals surface area contributed by atoms with Crippen molar-refractivity contribution in [3.05, 3.63) is 59.2 Å². The summed E-state index contributed by atoms with van der Waals surface area (Å²) in [5.74, 6) is -0.841. The maximum absolute atomic E-state index is 13.9. The van der Waals surface area contributed by atoms with Crippen LogP contribution in [0.15, 0.2) is 36.4 Å². The second-order valence-electron chi connectivity index (χ2n) is 4.70. The predicted octanol–water partition coefficient (Wildman–Crippen LogP) is 3.57. The van der Waals surface area contributed by atoms with Crippen LogP contribution in [0.5, 0.6) is 11.5 Å². The molecule has 2 N–H and O–H groups in total. The molecule has 1 atom stereocenters. The van der Waals surface area contributed by atoms with Crippen molar-refractivity contribution in [2.24, 2.45) is 5.73 Å². The van der Waals surface area contributed by atoms with Crippen molar-refractivity contribution in [1.82, 2.24) is 0 Å². The topological polar surface area (TPSA) is 44.5 Å². The number of nitrogens with two attached hydrogens (primary N) is 1. The van der Waals surface area contributed by atoms with Gasteiger partial charge in [0.2, 0.25) is 0 Å². The molecule has 0 saturated heterocycles. The number of hydrogen-bond acceptors (Lipinski definition) is 3. The molecule has 5 heteroatoms. The normalized spacial score (nSPS) is 12.0. The van der Waals surface area contributed by atoms with E-state index in [0.717, 1.165) is 0 Å². The van der Waals surface area contributed by atoms with Gasteiger partial charge in [0.1, 0.15) is 6.61 Å². The van der Waals surface area contributed by atoms with E-state index < -0.39 is 11.6 Å². The van der Waals surface area contributed by atoms with Crippen LogP contribution in [0.25, 0.3) is 0 Å². The molecule has 2 rings (SSSR count). The van der Waals surface area contributed by atoms with Gasteiger partial charge in [0.15, 0.2) is 23.1 Å². The van der Waals surface area contributed by atoms with Crippen molar-refractivity contribution in [2.45, 2.75) is 19.6 Å². The molecule has 0 bridgehead atoms. The molecular weight excluding hydrogens is 276 g/mol. The first-order chi connectivity index (χ1) is 10.0. The molecule has 1 unspecified atom stereocenters. The Morgan fingerprint density at radius 3 is 2.52 bits per heavy atom. The highest BCUT2D eigenvalue weighted by molar-refractivity contribution is 5.33. The van der Waals surface area contributed by atoms with E-state index in [-0.39, 0.29) is 24.1 Å². The molecule has 0 heterocycles. The van der Waals surface area contributed by atoms with Crippen molar-refractivity contribution in [2.75, 3.05) is 7.11 Å². The molecule has 0 amide bonds. The van der Waals surface area contributed by atoms with Crippen LogP contribution in [0.1, 0.15) is 24.1 Å². The summed E-state index contributed by atoms with van der Waals surface area (Å²) in [7, 11) is 1.38. The summed E-state index contributed by atoms with van der Waals surface area (Å²) in [5.41, 5.74) is 6.65. The summed E-state index contributed by atoms with van der Waals surface area (Å²) in [4.78, 5) is 0. The molecule has 0 saturated carbocycles. The molecule has 2 aromatic carbocycles. The zero-order chi connectivity index (χ0) is 15.4. The molecule has 21 heavy (non-hydrogen) atoms. The number of halogens is 2. The lowest BCUT2D eigenvalue weighted by molar-refractivity contribution is 0.281. The summed E-state index contributed by atoms with van der Waals surface area (Å²) >= 11 is 0. The maximum atomic E-state index is 13.9. The van der Waals surface area contributed by atoms with Crippen molar-refractivity contribution in [3.8, 4) is 11.5 Å². The smallest absolute Gasteiger partial charge is 0.171 e. The number of rotatable bonds is 5. The number of hydrogen-bond donors (Lipinski definition) is 1. The molecule has 0 aromatic heterocycles. The highest BCUT2D eigenvalue weighted by Gasteiger charge is 2.11. The van der Waals surface area contributed by atoms with Crippen LogP contribution in [0.2, 0.25) is 0 Å². The average molecular weight is 293 g/mol. The Labute approximate surface area is 122 Å². The second-order valence-corrected chi connectivity index (χ2v) is 4.70. The quantitative estimate of drug-likeness (QED) is 0.916. The minimum absolute atomic E-state index is 0.0571. The molecule has 112 valence electrons. The van der Waals surface area contributed by atoms with Crippen molar-refractivity contribution in [3.63, 3.8) is 0 Å². The van der Waals surface area contributed by atoms with E-state index in [0.29, 0.717) is 11.1 Å². The fraction of sp³-hybridized carbons (Fsp3) is 0.250. The van der Waals surface area contributed by atoms with Gasteiger partial charge in [-0.15, -0.1) is 0 Å². The lowest BCUT2D eigenvalue weighted by Gasteiger charge is -2.12. The van der Waals surface area contributed by atoms with E-state index in [4.69, 9.17) is 15.2 Å². The second kappa shape index (κ2) is 6.54. The third-order valence-corrected chi connectivity index (χ3v) is 3.13. The molecule has 0 aliphatic heterocycles. The molecule has 0 fully saturated rings. The fourth-order valence-electron chi connectivity index (χ4n) is 1.90. The van der Waals surface area contributed by atoms with Gasteiger partial charge in [-0.2, -0.15) is 0 Å². The Bertz CT molecular complexity index is 630. The number of benzene rings is 2. The summed E-state index contributed by atoms with van der Waals surface area (Å²) in [6.45, 7) is 1.68. The minimum Gasteiger partial charge on any atom is -0.494 e. The third kappa shape index (κ3) is 3.49. The molecule has 2 aromatic rings. The van der Waals surface area contributed by atoms with Gasteiger partial charge in [0, 0.05) is 11.6 Å². The van der Waals surface area contributed by atoms with Crippen LogP contribution in [0, 0.1) is 11.6 Å². The van der Waals surface area contributed by atoms with Gasteiger partial charge in [-0.25, -0.2) is 8.78 Å². The fourth-order valence-corrected chi connectivity index (χ4v) is 1.90. The van der Waals surface area contributed by atoms with Crippen LogP contribution in [-0.2, 0) is 6.61 Å². The van der Waals surface area contributed by atoms with Gasteiger partial charge in [-0.3, -0.25) is 0 Å². The van der Waals surface area contributed by atoms with Crippen LogP contribution in [0.3, 0.4) is 0 Å². The zero-order valence-corrected chi connectivity index (χ0v) is 11.9. The van der Waals surface area contributed by atoms with Crippen molar-refractivity contribution < 1.29 is 18.3 Å². The van der Waals surface area contributed by atoms with Gasteiger partial charge in [0.25, 0.3) is 0 Å². The number of ether oxygens (including phenoxy) is 2. The van der Waals surface area contributed by atoms with Gasteiger partial charge < -0.3 is 15.2 Å². The molecule has 0 radical (unpaired) electrons. The van der Waals surface area contributed by atoms with Gasteiger partial charge in [-0.1, -0.05) is 18.2 Å². The Morgan fingerprint density at radius 1 is 1.14 bits per heavy atom. The summed E-state index contributed by atoms with van der Waals surface area (Å²) < 4.78 is 38.0. The highest BCUT2D eigenvalue weighted by atomic mass is 19.1. The van der Waals surface area contributed by atoms with Gasteiger partial charge in [-0.05, 0) is 30.7 Å². The molecule has 0 spiro atoms. The molecule has 3 nitrogen and oxygen atoms in total. The Balaban J connectivity index is 2.13. The van der Waals surface area contributed by atoms with E-state index in [9.17, 15) is 8.78 Å². The third-order valence-electron chi connectivity index (χ3n) is 3.13. The van der Waals surface area contributed by atoms with E-state index in [1.165, 1.54) is 25.3 Å². The van der Waals surface area contributed by atoms with Crippen LogP contribution >= 0.6 is 0 Å². The monoisotopic (exact) mass is 293 g/mol. The lowest BCUT2D eigenvalue weighted by Crippen LogP contribution is -2.06. The molecule has 0 aliphatic carbocycles. The highest BCUT2D eigenvalue weighted by Crippen LogP contribution is 2.24. The molecule has 0 aliphatic rings. The summed E-state index contributed by atoms with van der Waals surface area (Å²) in [5, 5.41) is 0. The van der Waals surface area contributed by atoms with E-state index in [1.54, 1.807) is 25.1 Å². The Morgan fingerprint density at radius 2 is 1.90 bits per heavy atom.